The van der Waals surface area contributed by atoms with Gasteiger partial charge in [0.2, 0.25) is 0 Å². The van der Waals surface area contributed by atoms with Gasteiger partial charge in [0.1, 0.15) is 0 Å². The minimum Gasteiger partial charge on any atom is -0.337 e. The topological polar surface area (TPSA) is 38.1 Å². The Labute approximate surface area is 168 Å². The Hall–Kier alpha value is -2.18. The Balaban J connectivity index is 1.41. The molecular formula is C21H21N3OS2. The molecule has 4 nitrogen and oxygen atoms in total. The van der Waals surface area contributed by atoms with Crippen molar-refractivity contribution in [2.75, 3.05) is 18.6 Å². The third-order valence-corrected chi connectivity index (χ3v) is 7.58. The molecule has 1 amide bonds. The van der Waals surface area contributed by atoms with Crippen LogP contribution in [0.25, 0.3) is 5.69 Å². The Morgan fingerprint density at radius 1 is 1.11 bits per heavy atom. The normalized spacial score (nSPS) is 14.4. The van der Waals surface area contributed by atoms with Gasteiger partial charge in [-0.05, 0) is 29.8 Å². The van der Waals surface area contributed by atoms with Crippen LogP contribution in [-0.4, -0.2) is 39.1 Å². The van der Waals surface area contributed by atoms with E-state index in [1.54, 1.807) is 4.90 Å². The van der Waals surface area contributed by atoms with Gasteiger partial charge in [-0.1, -0.05) is 30.3 Å². The first-order valence-electron chi connectivity index (χ1n) is 8.88. The second-order valence-corrected chi connectivity index (χ2v) is 9.21. The molecule has 1 aliphatic rings. The van der Waals surface area contributed by atoms with Gasteiger partial charge >= 0.3 is 0 Å². The quantitative estimate of drug-likeness (QED) is 0.632. The fourth-order valence-electron chi connectivity index (χ4n) is 3.06. The van der Waals surface area contributed by atoms with Gasteiger partial charge in [-0.15, -0.1) is 23.5 Å². The fourth-order valence-corrected chi connectivity index (χ4v) is 5.92. The molecule has 3 aromatic rings. The summed E-state index contributed by atoms with van der Waals surface area (Å²) in [5, 5.41) is 4.40. The van der Waals surface area contributed by atoms with E-state index < -0.39 is 0 Å². The minimum absolute atomic E-state index is 0.0285. The molecule has 0 N–H and O–H groups in total. The maximum absolute atomic E-state index is 12.7. The van der Waals surface area contributed by atoms with Gasteiger partial charge < -0.3 is 4.90 Å². The van der Waals surface area contributed by atoms with Crippen LogP contribution >= 0.6 is 23.5 Å². The molecule has 1 fully saturated rings. The molecule has 2 heterocycles. The molecule has 0 radical (unpaired) electrons. The summed E-state index contributed by atoms with van der Waals surface area (Å²) in [7, 11) is 1.83. The zero-order chi connectivity index (χ0) is 18.6. The van der Waals surface area contributed by atoms with E-state index in [2.05, 4.69) is 17.2 Å². The summed E-state index contributed by atoms with van der Waals surface area (Å²) < 4.78 is 2.34. The van der Waals surface area contributed by atoms with Crippen molar-refractivity contribution in [2.45, 2.75) is 11.1 Å². The van der Waals surface area contributed by atoms with E-state index in [0.717, 1.165) is 16.8 Å². The van der Waals surface area contributed by atoms with Crippen molar-refractivity contribution in [1.82, 2.24) is 14.7 Å². The summed E-state index contributed by atoms with van der Waals surface area (Å²) in [4.78, 5) is 14.5. The van der Waals surface area contributed by atoms with Crippen LogP contribution in [-0.2, 0) is 6.54 Å². The minimum atomic E-state index is 0.0285. The highest BCUT2D eigenvalue weighted by molar-refractivity contribution is 8.19. The summed E-state index contributed by atoms with van der Waals surface area (Å²) in [5.41, 5.74) is 4.04. The van der Waals surface area contributed by atoms with Crippen LogP contribution in [0, 0.1) is 0 Å². The third-order valence-electron chi connectivity index (χ3n) is 4.47. The van der Waals surface area contributed by atoms with Crippen LogP contribution in [0.15, 0.2) is 67.0 Å². The first kappa shape index (κ1) is 18.2. The molecule has 1 aliphatic heterocycles. The van der Waals surface area contributed by atoms with Gasteiger partial charge in [0.05, 0.1) is 16.5 Å². The fraction of sp³-hybridized carbons (Fsp3) is 0.238. The zero-order valence-electron chi connectivity index (χ0n) is 15.1. The first-order chi connectivity index (χ1) is 13.2. The van der Waals surface area contributed by atoms with E-state index in [1.807, 2.05) is 90.1 Å². The molecule has 1 aromatic heterocycles. The van der Waals surface area contributed by atoms with Crippen LogP contribution in [0.3, 0.4) is 0 Å². The molecule has 0 unspecified atom stereocenters. The lowest BCUT2D eigenvalue weighted by Gasteiger charge is -2.17. The molecule has 27 heavy (non-hydrogen) atoms. The highest BCUT2D eigenvalue weighted by Crippen LogP contribution is 2.45. The number of benzene rings is 2. The highest BCUT2D eigenvalue weighted by Gasteiger charge is 2.19. The second-order valence-electron chi connectivity index (χ2n) is 6.49. The van der Waals surface area contributed by atoms with E-state index in [-0.39, 0.29) is 5.91 Å². The summed E-state index contributed by atoms with van der Waals surface area (Å²) in [6, 6.07) is 18.0. The molecule has 1 saturated heterocycles. The molecule has 0 atom stereocenters. The van der Waals surface area contributed by atoms with Crippen LogP contribution < -0.4 is 0 Å². The van der Waals surface area contributed by atoms with E-state index in [4.69, 9.17) is 0 Å². The van der Waals surface area contributed by atoms with Crippen molar-refractivity contribution in [3.05, 3.63) is 83.7 Å². The number of hydrogen-bond donors (Lipinski definition) is 0. The molecule has 0 spiro atoms. The maximum Gasteiger partial charge on any atom is 0.253 e. The lowest BCUT2D eigenvalue weighted by molar-refractivity contribution is 0.0785. The number of para-hydroxylation sites is 1. The second kappa shape index (κ2) is 8.23. The van der Waals surface area contributed by atoms with E-state index in [0.29, 0.717) is 11.1 Å². The monoisotopic (exact) mass is 395 g/mol. The van der Waals surface area contributed by atoms with E-state index >= 15 is 0 Å². The summed E-state index contributed by atoms with van der Waals surface area (Å²) in [6.07, 6.45) is 3.78. The number of hydrogen-bond acceptors (Lipinski definition) is 4. The number of thioether (sulfide) groups is 2. The molecular weight excluding hydrogens is 374 g/mol. The van der Waals surface area contributed by atoms with Crippen molar-refractivity contribution in [3.8, 4) is 5.69 Å². The van der Waals surface area contributed by atoms with Crippen LogP contribution in [0.1, 0.15) is 26.1 Å². The summed E-state index contributed by atoms with van der Waals surface area (Å²) in [5.74, 6) is 2.44. The molecule has 0 bridgehead atoms. The predicted molar refractivity (Wildman–Crippen MR) is 113 cm³/mol. The standard InChI is InChI=1S/C21H21N3OS2/c1-23(14-16-13-22-24(15-16)19-5-3-2-4-6-19)20(25)17-7-9-18(10-8-17)21-26-11-12-27-21/h2-10,13,15,21H,11-12,14H2,1H3. The highest BCUT2D eigenvalue weighted by atomic mass is 32.2. The van der Waals surface area contributed by atoms with Crippen molar-refractivity contribution in [3.63, 3.8) is 0 Å². The van der Waals surface area contributed by atoms with Crippen LogP contribution in [0.4, 0.5) is 0 Å². The van der Waals surface area contributed by atoms with Gasteiger partial charge in [0.15, 0.2) is 0 Å². The van der Waals surface area contributed by atoms with Gasteiger partial charge in [-0.25, -0.2) is 4.68 Å². The largest absolute Gasteiger partial charge is 0.337 e. The number of carbonyl (C=O) groups excluding carboxylic acids is 1. The van der Waals surface area contributed by atoms with Crippen molar-refractivity contribution < 1.29 is 4.79 Å². The van der Waals surface area contributed by atoms with Crippen LogP contribution in [0.2, 0.25) is 0 Å². The van der Waals surface area contributed by atoms with Gasteiger partial charge in [-0.3, -0.25) is 4.79 Å². The van der Waals surface area contributed by atoms with Gasteiger partial charge in [-0.2, -0.15) is 5.10 Å². The first-order valence-corrected chi connectivity index (χ1v) is 11.0. The molecule has 0 aliphatic carbocycles. The third kappa shape index (κ3) is 4.22. The number of aromatic nitrogens is 2. The van der Waals surface area contributed by atoms with Crippen molar-refractivity contribution in [2.24, 2.45) is 0 Å². The van der Waals surface area contributed by atoms with Crippen molar-refractivity contribution >= 4 is 29.4 Å². The van der Waals surface area contributed by atoms with Crippen molar-refractivity contribution in [1.29, 1.82) is 0 Å². The zero-order valence-corrected chi connectivity index (χ0v) is 16.7. The summed E-state index contributed by atoms with van der Waals surface area (Å²) >= 11 is 3.95. The average molecular weight is 396 g/mol. The van der Waals surface area contributed by atoms with Gasteiger partial charge in [0.25, 0.3) is 5.91 Å². The van der Waals surface area contributed by atoms with Crippen LogP contribution in [0.5, 0.6) is 0 Å². The summed E-state index contributed by atoms with van der Waals surface area (Å²) in [6.45, 7) is 0.530. The number of amides is 1. The SMILES string of the molecule is CN(Cc1cnn(-c2ccccc2)c1)C(=O)c1ccc(C2SCCS2)cc1. The maximum atomic E-state index is 12.7. The molecule has 4 rings (SSSR count). The Kier molecular flexibility index (Phi) is 5.55. The van der Waals surface area contributed by atoms with E-state index in [1.165, 1.54) is 17.1 Å². The van der Waals surface area contributed by atoms with Gasteiger partial charge in [0, 0.05) is 42.4 Å². The molecule has 0 saturated carbocycles. The number of nitrogens with zero attached hydrogens (tertiary/aromatic N) is 3. The average Bonchev–Trinajstić information content (AvgIpc) is 3.40. The Bertz CT molecular complexity index is 903. The van der Waals surface area contributed by atoms with E-state index in [9.17, 15) is 4.79 Å². The molecule has 2 aromatic carbocycles. The predicted octanol–water partition coefficient (Wildman–Crippen LogP) is 4.62. The Morgan fingerprint density at radius 3 is 2.52 bits per heavy atom. The number of rotatable bonds is 5. The number of carbonyl (C=O) groups is 1. The lowest BCUT2D eigenvalue weighted by Crippen LogP contribution is -2.26. The Morgan fingerprint density at radius 2 is 1.81 bits per heavy atom. The molecule has 6 heteroatoms. The smallest absolute Gasteiger partial charge is 0.253 e. The lowest BCUT2D eigenvalue weighted by atomic mass is 10.1. The molecule has 138 valence electrons.